The minimum absolute atomic E-state index is 0.133. The largest absolute Gasteiger partial charge is 0.497 e. The molecule has 8 nitrogen and oxygen atoms in total. The molecule has 2 aromatic carbocycles. The normalized spacial score (nSPS) is 15.7. The number of aromatic nitrogens is 5. The first-order valence-electron chi connectivity index (χ1n) is 9.45. The fourth-order valence-corrected chi connectivity index (χ4v) is 3.45. The lowest BCUT2D eigenvalue weighted by atomic mass is 10.1. The fourth-order valence-electron chi connectivity index (χ4n) is 3.45. The van der Waals surface area contributed by atoms with Gasteiger partial charge in [-0.2, -0.15) is 4.98 Å². The van der Waals surface area contributed by atoms with Crippen molar-refractivity contribution in [2.45, 2.75) is 25.7 Å². The molecule has 0 fully saturated rings. The van der Waals surface area contributed by atoms with Gasteiger partial charge in [-0.1, -0.05) is 34.6 Å². The Hall–Kier alpha value is -3.59. The molecule has 0 radical (unpaired) electrons. The zero-order valence-corrected chi connectivity index (χ0v) is 16.2. The quantitative estimate of drug-likeness (QED) is 0.501. The number of methoxy groups -OCH3 is 1. The van der Waals surface area contributed by atoms with E-state index in [2.05, 4.69) is 20.5 Å². The second-order valence-corrected chi connectivity index (χ2v) is 6.96. The molecule has 4 aromatic rings. The zero-order chi connectivity index (χ0) is 20.5. The highest BCUT2D eigenvalue weighted by molar-refractivity contribution is 5.51. The van der Waals surface area contributed by atoms with Crippen LogP contribution in [0.25, 0.3) is 11.5 Å². The van der Waals surface area contributed by atoms with Crippen molar-refractivity contribution >= 4 is 0 Å². The molecule has 1 aliphatic heterocycles. The van der Waals surface area contributed by atoms with E-state index in [1.807, 2.05) is 24.3 Å². The molecule has 30 heavy (non-hydrogen) atoms. The molecule has 0 N–H and O–H groups in total. The Kier molecular flexibility index (Phi) is 4.72. The van der Waals surface area contributed by atoms with Crippen LogP contribution < -0.4 is 4.74 Å². The smallest absolute Gasteiger partial charge is 0.231 e. The zero-order valence-electron chi connectivity index (χ0n) is 16.2. The van der Waals surface area contributed by atoms with Gasteiger partial charge in [0.1, 0.15) is 17.7 Å². The molecule has 0 amide bonds. The average molecular weight is 407 g/mol. The lowest BCUT2D eigenvalue weighted by Crippen LogP contribution is -2.22. The minimum atomic E-state index is -0.303. The number of nitrogens with zero attached hydrogens (tertiary/aromatic N) is 5. The summed E-state index contributed by atoms with van der Waals surface area (Å²) in [5, 5.41) is 12.5. The van der Waals surface area contributed by atoms with Crippen LogP contribution in [0.5, 0.6) is 5.75 Å². The lowest BCUT2D eigenvalue weighted by molar-refractivity contribution is -0.00114. The van der Waals surface area contributed by atoms with Gasteiger partial charge in [-0.05, 0) is 35.4 Å². The van der Waals surface area contributed by atoms with Crippen LogP contribution in [-0.4, -0.2) is 32.2 Å². The van der Waals surface area contributed by atoms with Crippen LogP contribution in [0.2, 0.25) is 0 Å². The van der Waals surface area contributed by atoms with Gasteiger partial charge in [-0.3, -0.25) is 0 Å². The van der Waals surface area contributed by atoms with Gasteiger partial charge in [0.15, 0.2) is 5.69 Å². The lowest BCUT2D eigenvalue weighted by Gasteiger charge is -2.24. The molecule has 9 heteroatoms. The van der Waals surface area contributed by atoms with Crippen LogP contribution in [0.15, 0.2) is 53.1 Å². The van der Waals surface area contributed by atoms with E-state index in [4.69, 9.17) is 14.0 Å². The monoisotopic (exact) mass is 407 g/mol. The van der Waals surface area contributed by atoms with E-state index in [9.17, 15) is 4.39 Å². The number of hydrogen-bond acceptors (Lipinski definition) is 7. The van der Waals surface area contributed by atoms with Crippen molar-refractivity contribution in [2.75, 3.05) is 7.11 Å². The summed E-state index contributed by atoms with van der Waals surface area (Å²) in [6.07, 6.45) is 0.205. The molecule has 1 aliphatic rings. The second kappa shape index (κ2) is 7.68. The Balaban J connectivity index is 1.33. The summed E-state index contributed by atoms with van der Waals surface area (Å²) in [4.78, 5) is 4.40. The van der Waals surface area contributed by atoms with Crippen LogP contribution in [0.1, 0.15) is 28.8 Å². The van der Waals surface area contributed by atoms with Gasteiger partial charge in [0.25, 0.3) is 0 Å². The van der Waals surface area contributed by atoms with Crippen LogP contribution >= 0.6 is 0 Å². The second-order valence-electron chi connectivity index (χ2n) is 6.96. The van der Waals surface area contributed by atoms with Crippen LogP contribution in [0, 0.1) is 5.82 Å². The predicted octanol–water partition coefficient (Wildman–Crippen LogP) is 3.34. The van der Waals surface area contributed by atoms with Gasteiger partial charge in [0, 0.05) is 0 Å². The van der Waals surface area contributed by atoms with Crippen molar-refractivity contribution in [1.82, 2.24) is 25.1 Å². The Labute approximate surface area is 171 Å². The van der Waals surface area contributed by atoms with E-state index in [1.54, 1.807) is 23.9 Å². The number of hydrogen-bond donors (Lipinski definition) is 0. The van der Waals surface area contributed by atoms with Gasteiger partial charge in [0.2, 0.25) is 11.7 Å². The molecule has 3 heterocycles. The van der Waals surface area contributed by atoms with E-state index < -0.39 is 0 Å². The highest BCUT2D eigenvalue weighted by Crippen LogP contribution is 2.30. The summed E-state index contributed by atoms with van der Waals surface area (Å²) in [5.74, 6) is 1.21. The maximum Gasteiger partial charge on any atom is 0.231 e. The Morgan fingerprint density at radius 2 is 2.07 bits per heavy atom. The van der Waals surface area contributed by atoms with E-state index in [0.717, 1.165) is 22.6 Å². The molecular weight excluding hydrogens is 389 g/mol. The summed E-state index contributed by atoms with van der Waals surface area (Å²) in [7, 11) is 1.64. The number of fused-ring (bicyclic) bond motifs is 1. The molecule has 0 unspecified atom stereocenters. The highest BCUT2D eigenvalue weighted by atomic mass is 19.1. The SMILES string of the molecule is COc1ccc([C@@H]2Cn3nnc(-c4noc(Cc5cccc(F)c5)n4)c3CO2)cc1. The average Bonchev–Trinajstić information content (AvgIpc) is 3.40. The Morgan fingerprint density at radius 1 is 1.20 bits per heavy atom. The van der Waals surface area contributed by atoms with E-state index in [1.165, 1.54) is 12.1 Å². The molecule has 0 saturated heterocycles. The fraction of sp³-hybridized carbons (Fsp3) is 0.238. The van der Waals surface area contributed by atoms with Crippen molar-refractivity contribution in [1.29, 1.82) is 0 Å². The summed E-state index contributed by atoms with van der Waals surface area (Å²) >= 11 is 0. The van der Waals surface area contributed by atoms with Crippen molar-refractivity contribution in [3.8, 4) is 17.3 Å². The molecule has 0 bridgehead atoms. The van der Waals surface area contributed by atoms with Gasteiger partial charge in [-0.15, -0.1) is 5.10 Å². The van der Waals surface area contributed by atoms with Crippen LogP contribution in [0.3, 0.4) is 0 Å². The Bertz CT molecular complexity index is 1170. The first-order chi connectivity index (χ1) is 14.7. The molecule has 0 spiro atoms. The van der Waals surface area contributed by atoms with Crippen molar-refractivity contribution in [3.05, 3.63) is 77.1 Å². The predicted molar refractivity (Wildman–Crippen MR) is 103 cm³/mol. The molecular formula is C21H18FN5O3. The van der Waals surface area contributed by atoms with E-state index >= 15 is 0 Å². The van der Waals surface area contributed by atoms with E-state index in [0.29, 0.717) is 37.0 Å². The van der Waals surface area contributed by atoms with Gasteiger partial charge in [-0.25, -0.2) is 9.07 Å². The maximum atomic E-state index is 13.4. The number of ether oxygens (including phenoxy) is 2. The molecule has 0 aliphatic carbocycles. The van der Waals surface area contributed by atoms with Crippen molar-refractivity contribution < 1.29 is 18.4 Å². The third-order valence-corrected chi connectivity index (χ3v) is 5.01. The molecule has 1 atom stereocenters. The summed E-state index contributed by atoms with van der Waals surface area (Å²) in [5.41, 5.74) is 3.10. The highest BCUT2D eigenvalue weighted by Gasteiger charge is 2.27. The van der Waals surface area contributed by atoms with Crippen LogP contribution in [0.4, 0.5) is 4.39 Å². The van der Waals surface area contributed by atoms with Crippen molar-refractivity contribution in [3.63, 3.8) is 0 Å². The topological polar surface area (TPSA) is 88.1 Å². The minimum Gasteiger partial charge on any atom is -0.497 e. The summed E-state index contributed by atoms with van der Waals surface area (Å²) in [6.45, 7) is 0.857. The summed E-state index contributed by atoms with van der Waals surface area (Å²) < 4.78 is 31.7. The van der Waals surface area contributed by atoms with Crippen LogP contribution in [-0.2, 0) is 24.3 Å². The number of halogens is 1. The van der Waals surface area contributed by atoms with Gasteiger partial charge >= 0.3 is 0 Å². The van der Waals surface area contributed by atoms with Crippen molar-refractivity contribution in [2.24, 2.45) is 0 Å². The van der Waals surface area contributed by atoms with Gasteiger partial charge in [0.05, 0.1) is 32.4 Å². The third-order valence-electron chi connectivity index (χ3n) is 5.01. The van der Waals surface area contributed by atoms with Gasteiger partial charge < -0.3 is 14.0 Å². The molecule has 0 saturated carbocycles. The van der Waals surface area contributed by atoms with E-state index in [-0.39, 0.29) is 11.9 Å². The Morgan fingerprint density at radius 3 is 2.87 bits per heavy atom. The third kappa shape index (κ3) is 3.55. The molecule has 152 valence electrons. The number of rotatable bonds is 5. The standard InChI is InChI=1S/C21H18FN5O3/c1-28-16-7-5-14(6-8-16)18-11-27-17(12-29-18)20(24-26-27)21-23-19(30-25-21)10-13-3-2-4-15(22)9-13/h2-9,18H,10-12H2,1H3/t18-/m0/s1. The first-order valence-corrected chi connectivity index (χ1v) is 9.45. The molecule has 2 aromatic heterocycles. The number of benzene rings is 2. The first kappa shape index (κ1) is 18.4. The summed E-state index contributed by atoms with van der Waals surface area (Å²) in [6, 6.07) is 14.0. The molecule has 5 rings (SSSR count). The maximum absolute atomic E-state index is 13.4.